The van der Waals surface area contributed by atoms with Crippen LogP contribution in [-0.4, -0.2) is 29.5 Å². The monoisotopic (exact) mass is 211 g/mol. The van der Waals surface area contributed by atoms with Crippen LogP contribution < -0.4 is 0 Å². The quantitative estimate of drug-likeness (QED) is 0.741. The molecular formula is C10H13NO4. The van der Waals surface area contributed by atoms with Crippen LogP contribution in [-0.2, 0) is 14.3 Å². The number of nitrogens with zero attached hydrogens (tertiary/aromatic N) is 1. The summed E-state index contributed by atoms with van der Waals surface area (Å²) in [5.74, 6) is -1.09. The topological polar surface area (TPSA) is 68.7 Å². The predicted molar refractivity (Wildman–Crippen MR) is 52.2 cm³/mol. The Balaban J connectivity index is 2.80. The Hall–Kier alpha value is -1.46. The molecule has 5 nitrogen and oxygen atoms in total. The minimum Gasteiger partial charge on any atom is -0.479 e. The standard InChI is InChI=1S/C10H13NO4/c1-7(14-2)15-9(10(12)13)8-5-3-4-6-11-8/h3-7,9H,1-2H3,(H,12,13). The Bertz CT molecular complexity index is 314. The molecule has 82 valence electrons. The van der Waals surface area contributed by atoms with E-state index < -0.39 is 18.4 Å². The third kappa shape index (κ3) is 3.30. The molecule has 0 spiro atoms. The van der Waals surface area contributed by atoms with Crippen LogP contribution in [0.4, 0.5) is 0 Å². The summed E-state index contributed by atoms with van der Waals surface area (Å²) in [5.41, 5.74) is 0.355. The first-order chi connectivity index (χ1) is 7.15. The largest absolute Gasteiger partial charge is 0.479 e. The van der Waals surface area contributed by atoms with Gasteiger partial charge in [-0.05, 0) is 19.1 Å². The van der Waals surface area contributed by atoms with Crippen LogP contribution in [0.25, 0.3) is 0 Å². The van der Waals surface area contributed by atoms with Gasteiger partial charge in [-0.2, -0.15) is 0 Å². The van der Waals surface area contributed by atoms with Crippen LogP contribution in [0.5, 0.6) is 0 Å². The van der Waals surface area contributed by atoms with Gasteiger partial charge in [-0.1, -0.05) is 6.07 Å². The average Bonchev–Trinajstić information content (AvgIpc) is 2.26. The molecule has 0 fully saturated rings. The normalized spacial score (nSPS) is 14.5. The van der Waals surface area contributed by atoms with E-state index in [1.165, 1.54) is 13.3 Å². The van der Waals surface area contributed by atoms with Crippen LogP contribution in [0.2, 0.25) is 0 Å². The van der Waals surface area contributed by atoms with Gasteiger partial charge in [-0.3, -0.25) is 4.98 Å². The van der Waals surface area contributed by atoms with E-state index in [1.54, 1.807) is 25.1 Å². The fourth-order valence-corrected chi connectivity index (χ4v) is 1.03. The van der Waals surface area contributed by atoms with Crippen molar-refractivity contribution in [3.63, 3.8) is 0 Å². The van der Waals surface area contributed by atoms with Gasteiger partial charge in [-0.15, -0.1) is 0 Å². The van der Waals surface area contributed by atoms with Gasteiger partial charge >= 0.3 is 5.97 Å². The van der Waals surface area contributed by atoms with Crippen molar-refractivity contribution in [2.45, 2.75) is 19.3 Å². The second kappa shape index (κ2) is 5.43. The van der Waals surface area contributed by atoms with Crippen LogP contribution in [0.3, 0.4) is 0 Å². The summed E-state index contributed by atoms with van der Waals surface area (Å²) < 4.78 is 10.0. The maximum Gasteiger partial charge on any atom is 0.339 e. The molecule has 0 saturated carbocycles. The first-order valence-electron chi connectivity index (χ1n) is 4.47. The minimum atomic E-state index is -1.10. The van der Waals surface area contributed by atoms with E-state index in [9.17, 15) is 4.79 Å². The molecule has 0 aliphatic heterocycles. The summed E-state index contributed by atoms with van der Waals surface area (Å²) in [5, 5.41) is 8.95. The molecule has 1 aromatic rings. The first kappa shape index (κ1) is 11.6. The summed E-state index contributed by atoms with van der Waals surface area (Å²) in [6.07, 6.45) is -0.166. The van der Waals surface area contributed by atoms with E-state index in [0.717, 1.165) is 0 Å². The van der Waals surface area contributed by atoms with Crippen LogP contribution in [0.1, 0.15) is 18.7 Å². The number of hydrogen-bond acceptors (Lipinski definition) is 4. The minimum absolute atomic E-state index is 0.355. The lowest BCUT2D eigenvalue weighted by Gasteiger charge is -2.17. The number of rotatable bonds is 5. The number of aromatic nitrogens is 1. The Morgan fingerprint density at radius 1 is 1.53 bits per heavy atom. The van der Waals surface area contributed by atoms with Crippen molar-refractivity contribution in [3.8, 4) is 0 Å². The van der Waals surface area contributed by atoms with Crippen molar-refractivity contribution in [1.82, 2.24) is 4.98 Å². The van der Waals surface area contributed by atoms with Crippen molar-refractivity contribution < 1.29 is 19.4 Å². The van der Waals surface area contributed by atoms with Crippen molar-refractivity contribution in [2.75, 3.05) is 7.11 Å². The lowest BCUT2D eigenvalue weighted by Crippen LogP contribution is -2.22. The van der Waals surface area contributed by atoms with Crippen LogP contribution in [0.15, 0.2) is 24.4 Å². The van der Waals surface area contributed by atoms with E-state index in [1.807, 2.05) is 0 Å². The SMILES string of the molecule is COC(C)OC(C(=O)O)c1ccccn1. The molecule has 2 unspecified atom stereocenters. The highest BCUT2D eigenvalue weighted by Gasteiger charge is 2.23. The molecule has 1 aromatic heterocycles. The molecule has 1 rings (SSSR count). The Morgan fingerprint density at radius 3 is 2.73 bits per heavy atom. The Kier molecular flexibility index (Phi) is 4.20. The molecule has 0 aliphatic carbocycles. The molecule has 0 aliphatic rings. The number of carboxylic acid groups (broad SMARTS) is 1. The fourth-order valence-electron chi connectivity index (χ4n) is 1.03. The number of ether oxygens (including phenoxy) is 2. The van der Waals surface area contributed by atoms with Gasteiger partial charge in [-0.25, -0.2) is 4.79 Å². The van der Waals surface area contributed by atoms with Crippen molar-refractivity contribution >= 4 is 5.97 Å². The third-order valence-electron chi connectivity index (χ3n) is 1.84. The number of aliphatic carboxylic acids is 1. The van der Waals surface area contributed by atoms with Gasteiger partial charge in [0.2, 0.25) is 0 Å². The molecule has 5 heteroatoms. The highest BCUT2D eigenvalue weighted by molar-refractivity contribution is 5.73. The van der Waals surface area contributed by atoms with E-state index in [4.69, 9.17) is 14.6 Å². The molecule has 15 heavy (non-hydrogen) atoms. The second-order valence-corrected chi connectivity index (χ2v) is 2.91. The van der Waals surface area contributed by atoms with E-state index in [2.05, 4.69) is 4.98 Å². The lowest BCUT2D eigenvalue weighted by molar-refractivity contribution is -0.179. The number of hydrogen-bond donors (Lipinski definition) is 1. The van der Waals surface area contributed by atoms with E-state index in [0.29, 0.717) is 5.69 Å². The average molecular weight is 211 g/mol. The fraction of sp³-hybridized carbons (Fsp3) is 0.400. The van der Waals surface area contributed by atoms with Gasteiger partial charge in [0.05, 0.1) is 5.69 Å². The van der Waals surface area contributed by atoms with E-state index in [-0.39, 0.29) is 0 Å². The molecule has 0 amide bonds. The Labute approximate surface area is 87.7 Å². The highest BCUT2D eigenvalue weighted by Crippen LogP contribution is 2.17. The number of methoxy groups -OCH3 is 1. The zero-order valence-corrected chi connectivity index (χ0v) is 8.58. The summed E-state index contributed by atoms with van der Waals surface area (Å²) in [7, 11) is 1.45. The predicted octanol–water partition coefficient (Wildman–Crippen LogP) is 1.22. The van der Waals surface area contributed by atoms with Gasteiger partial charge in [0.1, 0.15) is 0 Å². The molecule has 1 heterocycles. The molecule has 0 aromatic carbocycles. The van der Waals surface area contributed by atoms with Crippen molar-refractivity contribution in [2.24, 2.45) is 0 Å². The maximum absolute atomic E-state index is 10.9. The number of carbonyl (C=O) groups is 1. The molecule has 0 saturated heterocycles. The van der Waals surface area contributed by atoms with Crippen molar-refractivity contribution in [3.05, 3.63) is 30.1 Å². The van der Waals surface area contributed by atoms with Crippen LogP contribution >= 0.6 is 0 Å². The van der Waals surface area contributed by atoms with Gasteiger partial charge in [0, 0.05) is 13.3 Å². The zero-order valence-electron chi connectivity index (χ0n) is 8.58. The third-order valence-corrected chi connectivity index (χ3v) is 1.84. The molecule has 2 atom stereocenters. The summed E-state index contributed by atoms with van der Waals surface area (Å²) >= 11 is 0. The van der Waals surface area contributed by atoms with E-state index >= 15 is 0 Å². The maximum atomic E-state index is 10.9. The lowest BCUT2D eigenvalue weighted by atomic mass is 10.2. The zero-order chi connectivity index (χ0) is 11.3. The van der Waals surface area contributed by atoms with Gasteiger partial charge < -0.3 is 14.6 Å². The smallest absolute Gasteiger partial charge is 0.339 e. The second-order valence-electron chi connectivity index (χ2n) is 2.91. The van der Waals surface area contributed by atoms with Crippen molar-refractivity contribution in [1.29, 1.82) is 0 Å². The van der Waals surface area contributed by atoms with Gasteiger partial charge in [0.15, 0.2) is 12.4 Å². The first-order valence-corrected chi connectivity index (χ1v) is 4.47. The van der Waals surface area contributed by atoms with Gasteiger partial charge in [0.25, 0.3) is 0 Å². The molecule has 0 bridgehead atoms. The molecule has 0 radical (unpaired) electrons. The highest BCUT2D eigenvalue weighted by atomic mass is 16.7. The number of carboxylic acids is 1. The Morgan fingerprint density at radius 2 is 2.27 bits per heavy atom. The molecule has 1 N–H and O–H groups in total. The summed E-state index contributed by atoms with van der Waals surface area (Å²) in [6, 6.07) is 5.02. The van der Waals surface area contributed by atoms with Crippen LogP contribution in [0, 0.1) is 0 Å². The summed E-state index contributed by atoms with van der Waals surface area (Å²) in [6.45, 7) is 1.62. The summed E-state index contributed by atoms with van der Waals surface area (Å²) in [4.78, 5) is 14.9. The molecular weight excluding hydrogens is 198 g/mol. The number of pyridine rings is 1.